The van der Waals surface area contributed by atoms with Crippen molar-refractivity contribution < 1.29 is 4.79 Å². The second-order valence-corrected chi connectivity index (χ2v) is 5.38. The Balaban J connectivity index is 1.83. The lowest BCUT2D eigenvalue weighted by Gasteiger charge is -2.05. The maximum Gasteiger partial charge on any atom is 0.209 e. The summed E-state index contributed by atoms with van der Waals surface area (Å²) in [6.07, 6.45) is 2.61. The van der Waals surface area contributed by atoms with Crippen molar-refractivity contribution in [1.82, 2.24) is 0 Å². The van der Waals surface area contributed by atoms with Crippen molar-refractivity contribution in [2.24, 2.45) is 5.10 Å². The molecular weight excluding hydrogens is 260 g/mol. The molecule has 21 heavy (non-hydrogen) atoms. The standard InChI is InChI=1S/C18H18N2O/c1-13-9-11-15(12-10-13)19-20-17-8-4-6-14-5-2-3-7-16(14)18(17)21/h2-3,5,7,9-12,19H,4,6,8H2,1H3/b20-17-. The van der Waals surface area contributed by atoms with Gasteiger partial charge in [0, 0.05) is 5.56 Å². The quantitative estimate of drug-likeness (QED) is 0.667. The molecule has 0 unspecified atom stereocenters. The number of aryl methyl sites for hydroxylation is 2. The molecule has 0 spiro atoms. The van der Waals surface area contributed by atoms with Gasteiger partial charge in [-0.25, -0.2) is 0 Å². The number of hydrogen-bond donors (Lipinski definition) is 1. The SMILES string of the molecule is Cc1ccc(N/N=C2/CCCc3ccccc3C2=O)cc1. The van der Waals surface area contributed by atoms with Crippen molar-refractivity contribution in [2.45, 2.75) is 26.2 Å². The number of anilines is 1. The highest BCUT2D eigenvalue weighted by molar-refractivity contribution is 6.46. The minimum atomic E-state index is 0.0442. The summed E-state index contributed by atoms with van der Waals surface area (Å²) in [4.78, 5) is 12.5. The van der Waals surface area contributed by atoms with E-state index < -0.39 is 0 Å². The van der Waals surface area contributed by atoms with Crippen LogP contribution in [0.2, 0.25) is 0 Å². The van der Waals surface area contributed by atoms with E-state index in [1.54, 1.807) is 0 Å². The molecule has 106 valence electrons. The zero-order chi connectivity index (χ0) is 14.7. The third-order valence-corrected chi connectivity index (χ3v) is 3.76. The van der Waals surface area contributed by atoms with E-state index in [1.165, 1.54) is 5.56 Å². The van der Waals surface area contributed by atoms with Crippen LogP contribution in [-0.2, 0) is 6.42 Å². The van der Waals surface area contributed by atoms with Gasteiger partial charge in [-0.2, -0.15) is 5.10 Å². The van der Waals surface area contributed by atoms with E-state index in [-0.39, 0.29) is 5.78 Å². The molecule has 0 saturated heterocycles. The molecule has 0 fully saturated rings. The molecule has 1 N–H and O–H groups in total. The molecule has 1 aliphatic carbocycles. The summed E-state index contributed by atoms with van der Waals surface area (Å²) >= 11 is 0. The fourth-order valence-corrected chi connectivity index (χ4v) is 2.54. The number of nitrogens with zero attached hydrogens (tertiary/aromatic N) is 1. The van der Waals surface area contributed by atoms with Crippen LogP contribution in [0, 0.1) is 6.92 Å². The summed E-state index contributed by atoms with van der Waals surface area (Å²) in [6.45, 7) is 2.04. The summed E-state index contributed by atoms with van der Waals surface area (Å²) in [5, 5.41) is 4.34. The number of carbonyl (C=O) groups is 1. The average Bonchev–Trinajstić information content (AvgIpc) is 2.67. The molecule has 0 heterocycles. The molecule has 0 radical (unpaired) electrons. The number of Topliss-reactive ketones (excluding diaryl/α,β-unsaturated/α-hetero) is 1. The van der Waals surface area contributed by atoms with Gasteiger partial charge in [-0.3, -0.25) is 10.2 Å². The average molecular weight is 278 g/mol. The second-order valence-electron chi connectivity index (χ2n) is 5.38. The van der Waals surface area contributed by atoms with Crippen molar-refractivity contribution in [3.05, 3.63) is 65.2 Å². The van der Waals surface area contributed by atoms with Crippen molar-refractivity contribution in [1.29, 1.82) is 0 Å². The minimum Gasteiger partial charge on any atom is -0.287 e. The van der Waals surface area contributed by atoms with Crippen molar-refractivity contribution in [3.63, 3.8) is 0 Å². The Labute approximate surface area is 124 Å². The number of hydrazone groups is 1. The van der Waals surface area contributed by atoms with Crippen LogP contribution in [0.1, 0.15) is 34.3 Å². The Hall–Kier alpha value is -2.42. The van der Waals surface area contributed by atoms with Crippen LogP contribution in [0.5, 0.6) is 0 Å². The van der Waals surface area contributed by atoms with E-state index in [4.69, 9.17) is 0 Å². The predicted octanol–water partition coefficient (Wildman–Crippen LogP) is 3.98. The van der Waals surface area contributed by atoms with Gasteiger partial charge in [-0.05, 0) is 43.9 Å². The van der Waals surface area contributed by atoms with E-state index in [0.29, 0.717) is 12.1 Å². The number of hydrogen-bond acceptors (Lipinski definition) is 3. The first-order chi connectivity index (χ1) is 10.2. The predicted molar refractivity (Wildman–Crippen MR) is 85.9 cm³/mol. The van der Waals surface area contributed by atoms with E-state index in [1.807, 2.05) is 55.5 Å². The first-order valence-electron chi connectivity index (χ1n) is 7.26. The van der Waals surface area contributed by atoms with E-state index in [0.717, 1.165) is 29.7 Å². The van der Waals surface area contributed by atoms with Crippen LogP contribution < -0.4 is 5.43 Å². The van der Waals surface area contributed by atoms with Gasteiger partial charge < -0.3 is 0 Å². The van der Waals surface area contributed by atoms with Crippen molar-refractivity contribution >= 4 is 17.2 Å². The highest BCUT2D eigenvalue weighted by Crippen LogP contribution is 2.19. The van der Waals surface area contributed by atoms with Crippen LogP contribution in [-0.4, -0.2) is 11.5 Å². The zero-order valence-corrected chi connectivity index (χ0v) is 12.1. The van der Waals surface area contributed by atoms with Gasteiger partial charge in [-0.15, -0.1) is 0 Å². The van der Waals surface area contributed by atoms with Crippen LogP contribution in [0.4, 0.5) is 5.69 Å². The van der Waals surface area contributed by atoms with Crippen LogP contribution in [0.3, 0.4) is 0 Å². The molecule has 0 saturated carbocycles. The molecular formula is C18H18N2O. The molecule has 0 bridgehead atoms. The van der Waals surface area contributed by atoms with Gasteiger partial charge in [-0.1, -0.05) is 42.0 Å². The lowest BCUT2D eigenvalue weighted by molar-refractivity contribution is 0.106. The molecule has 0 aromatic heterocycles. The number of nitrogens with one attached hydrogen (secondary N) is 1. The van der Waals surface area contributed by atoms with Crippen LogP contribution in [0.15, 0.2) is 53.6 Å². The third-order valence-electron chi connectivity index (χ3n) is 3.76. The number of benzene rings is 2. The summed E-state index contributed by atoms with van der Waals surface area (Å²) in [7, 11) is 0. The summed E-state index contributed by atoms with van der Waals surface area (Å²) in [5.74, 6) is 0.0442. The normalized spacial score (nSPS) is 16.4. The monoisotopic (exact) mass is 278 g/mol. The van der Waals surface area contributed by atoms with Gasteiger partial charge >= 0.3 is 0 Å². The Morgan fingerprint density at radius 3 is 2.57 bits per heavy atom. The minimum absolute atomic E-state index is 0.0442. The smallest absolute Gasteiger partial charge is 0.209 e. The molecule has 3 heteroatoms. The fraction of sp³-hybridized carbons (Fsp3) is 0.222. The van der Waals surface area contributed by atoms with Gasteiger partial charge in [0.25, 0.3) is 0 Å². The highest BCUT2D eigenvalue weighted by Gasteiger charge is 2.20. The number of ketones is 1. The van der Waals surface area contributed by atoms with Crippen LogP contribution in [0.25, 0.3) is 0 Å². The molecule has 2 aromatic rings. The lowest BCUT2D eigenvalue weighted by atomic mass is 10.0. The van der Waals surface area contributed by atoms with E-state index in [9.17, 15) is 4.79 Å². The number of carbonyl (C=O) groups excluding carboxylic acids is 1. The Bertz CT molecular complexity index is 687. The summed E-state index contributed by atoms with van der Waals surface area (Å²) < 4.78 is 0. The molecule has 1 aliphatic rings. The third kappa shape index (κ3) is 3.02. The maximum atomic E-state index is 12.5. The molecule has 0 atom stereocenters. The molecule has 3 nitrogen and oxygen atoms in total. The summed E-state index contributed by atoms with van der Waals surface area (Å²) in [5.41, 5.74) is 7.63. The molecule has 3 rings (SSSR count). The number of rotatable bonds is 2. The molecule has 2 aromatic carbocycles. The first kappa shape index (κ1) is 13.6. The Kier molecular flexibility index (Phi) is 3.82. The van der Waals surface area contributed by atoms with Crippen LogP contribution >= 0.6 is 0 Å². The Morgan fingerprint density at radius 1 is 1.00 bits per heavy atom. The van der Waals surface area contributed by atoms with Crippen molar-refractivity contribution in [2.75, 3.05) is 5.43 Å². The largest absolute Gasteiger partial charge is 0.287 e. The van der Waals surface area contributed by atoms with E-state index >= 15 is 0 Å². The molecule has 0 aliphatic heterocycles. The lowest BCUT2D eigenvalue weighted by Crippen LogP contribution is -2.15. The van der Waals surface area contributed by atoms with Crippen molar-refractivity contribution in [3.8, 4) is 0 Å². The first-order valence-corrected chi connectivity index (χ1v) is 7.26. The summed E-state index contributed by atoms with van der Waals surface area (Å²) in [6, 6.07) is 15.8. The van der Waals surface area contributed by atoms with Gasteiger partial charge in [0.15, 0.2) is 0 Å². The highest BCUT2D eigenvalue weighted by atomic mass is 16.1. The molecule has 0 amide bonds. The fourth-order valence-electron chi connectivity index (χ4n) is 2.54. The van der Waals surface area contributed by atoms with Gasteiger partial charge in [0.05, 0.1) is 5.69 Å². The Morgan fingerprint density at radius 2 is 1.76 bits per heavy atom. The number of fused-ring (bicyclic) bond motifs is 1. The maximum absolute atomic E-state index is 12.5. The van der Waals surface area contributed by atoms with Gasteiger partial charge in [0.2, 0.25) is 5.78 Å². The second kappa shape index (κ2) is 5.92. The van der Waals surface area contributed by atoms with Gasteiger partial charge in [0.1, 0.15) is 5.71 Å². The van der Waals surface area contributed by atoms with E-state index in [2.05, 4.69) is 10.5 Å². The topological polar surface area (TPSA) is 41.5 Å². The zero-order valence-electron chi connectivity index (χ0n) is 12.1.